The van der Waals surface area contributed by atoms with E-state index in [-0.39, 0.29) is 0 Å². The molecule has 1 heterocycles. The molecule has 24 heavy (non-hydrogen) atoms. The van der Waals surface area contributed by atoms with Gasteiger partial charge >= 0.3 is 0 Å². The molecule has 4 nitrogen and oxygen atoms in total. The number of ether oxygens (including phenoxy) is 2. The number of hydrogen-bond donors (Lipinski definition) is 0. The minimum Gasteiger partial charge on any atom is -0.493 e. The van der Waals surface area contributed by atoms with Crippen molar-refractivity contribution in [2.45, 2.75) is 6.54 Å². The highest BCUT2D eigenvalue weighted by atomic mass is 16.5. The molecule has 0 fully saturated rings. The van der Waals surface area contributed by atoms with Crippen LogP contribution in [0.5, 0.6) is 11.5 Å². The van der Waals surface area contributed by atoms with Crippen molar-refractivity contribution in [3.05, 3.63) is 59.8 Å². The average molecular weight is 316 g/mol. The minimum atomic E-state index is 0.427. The minimum absolute atomic E-state index is 0.427. The van der Waals surface area contributed by atoms with Gasteiger partial charge in [0.15, 0.2) is 11.5 Å². The van der Waals surface area contributed by atoms with Crippen LogP contribution < -0.4 is 9.47 Å². The van der Waals surface area contributed by atoms with E-state index in [1.807, 2.05) is 53.1 Å². The number of methoxy groups -OCH3 is 2. The van der Waals surface area contributed by atoms with Crippen LogP contribution in [-0.4, -0.2) is 18.8 Å². The van der Waals surface area contributed by atoms with Crippen LogP contribution in [0.25, 0.3) is 10.9 Å². The normalized spacial score (nSPS) is 9.88. The molecule has 0 amide bonds. The molecule has 3 aromatic rings. The first-order valence-corrected chi connectivity index (χ1v) is 7.46. The number of aromatic nitrogens is 1. The molecule has 2 aromatic carbocycles. The van der Waals surface area contributed by atoms with Crippen molar-refractivity contribution in [3.63, 3.8) is 0 Å². The van der Waals surface area contributed by atoms with Crippen LogP contribution in [0.4, 0.5) is 0 Å². The highest BCUT2D eigenvalue weighted by Gasteiger charge is 2.12. The van der Waals surface area contributed by atoms with E-state index in [2.05, 4.69) is 17.9 Å². The highest BCUT2D eigenvalue weighted by Crippen LogP contribution is 2.33. The van der Waals surface area contributed by atoms with Gasteiger partial charge in [0, 0.05) is 17.0 Å². The number of benzene rings is 2. The molecule has 0 bridgehead atoms. The van der Waals surface area contributed by atoms with Gasteiger partial charge in [0.1, 0.15) is 11.8 Å². The molecule has 0 atom stereocenters. The van der Waals surface area contributed by atoms with E-state index >= 15 is 0 Å². The zero-order valence-corrected chi connectivity index (χ0v) is 13.5. The zero-order valence-electron chi connectivity index (χ0n) is 13.5. The molecule has 0 N–H and O–H groups in total. The summed E-state index contributed by atoms with van der Waals surface area (Å²) in [4.78, 5) is 0. The lowest BCUT2D eigenvalue weighted by Gasteiger charge is -2.09. The SMILES string of the molecule is COc1cc2cc(C#N)n(CC#Cc3ccccc3)c2cc1OC. The van der Waals surface area contributed by atoms with Crippen molar-refractivity contribution >= 4 is 10.9 Å². The van der Waals surface area contributed by atoms with Crippen molar-refractivity contribution in [1.82, 2.24) is 4.57 Å². The molecular weight excluding hydrogens is 300 g/mol. The van der Waals surface area contributed by atoms with Gasteiger partial charge in [0.2, 0.25) is 0 Å². The summed E-state index contributed by atoms with van der Waals surface area (Å²) in [6.45, 7) is 0.427. The molecule has 0 aliphatic rings. The Morgan fingerprint density at radius 1 is 1.00 bits per heavy atom. The maximum absolute atomic E-state index is 9.41. The molecule has 3 rings (SSSR count). The molecule has 0 radical (unpaired) electrons. The van der Waals surface area contributed by atoms with Gasteiger partial charge in [-0.2, -0.15) is 5.26 Å². The van der Waals surface area contributed by atoms with E-state index < -0.39 is 0 Å². The summed E-state index contributed by atoms with van der Waals surface area (Å²) in [5, 5.41) is 10.3. The smallest absolute Gasteiger partial charge is 0.162 e. The second-order valence-corrected chi connectivity index (χ2v) is 5.16. The summed E-state index contributed by atoms with van der Waals surface area (Å²) in [6.07, 6.45) is 0. The summed E-state index contributed by atoms with van der Waals surface area (Å²) in [7, 11) is 3.19. The summed E-state index contributed by atoms with van der Waals surface area (Å²) >= 11 is 0. The van der Waals surface area contributed by atoms with Crippen LogP contribution in [0.15, 0.2) is 48.5 Å². The Hall–Kier alpha value is -3.37. The van der Waals surface area contributed by atoms with Gasteiger partial charge in [-0.1, -0.05) is 30.0 Å². The van der Waals surface area contributed by atoms with Gasteiger partial charge in [-0.15, -0.1) is 0 Å². The van der Waals surface area contributed by atoms with Crippen LogP contribution in [0.1, 0.15) is 11.3 Å². The Morgan fingerprint density at radius 3 is 2.38 bits per heavy atom. The van der Waals surface area contributed by atoms with Crippen molar-refractivity contribution < 1.29 is 9.47 Å². The number of fused-ring (bicyclic) bond motifs is 1. The second kappa shape index (κ2) is 6.81. The van der Waals surface area contributed by atoms with Gasteiger partial charge in [-0.05, 0) is 24.3 Å². The van der Waals surface area contributed by atoms with Crippen molar-refractivity contribution in [2.75, 3.05) is 14.2 Å². The summed E-state index contributed by atoms with van der Waals surface area (Å²) in [6, 6.07) is 17.6. The second-order valence-electron chi connectivity index (χ2n) is 5.16. The number of rotatable bonds is 3. The van der Waals surface area contributed by atoms with Crippen LogP contribution in [0.3, 0.4) is 0 Å². The number of nitrogens with zero attached hydrogens (tertiary/aromatic N) is 2. The fraction of sp³-hybridized carbons (Fsp3) is 0.150. The Bertz CT molecular complexity index is 970. The fourth-order valence-electron chi connectivity index (χ4n) is 2.59. The maximum atomic E-state index is 9.41. The fourth-order valence-corrected chi connectivity index (χ4v) is 2.59. The summed E-state index contributed by atoms with van der Waals surface area (Å²) < 4.78 is 12.6. The highest BCUT2D eigenvalue weighted by molar-refractivity contribution is 5.86. The van der Waals surface area contributed by atoms with Crippen LogP contribution >= 0.6 is 0 Å². The third-order valence-electron chi connectivity index (χ3n) is 3.76. The van der Waals surface area contributed by atoms with E-state index in [0.29, 0.717) is 23.7 Å². The first-order chi connectivity index (χ1) is 11.8. The third-order valence-corrected chi connectivity index (χ3v) is 3.76. The molecule has 0 aliphatic heterocycles. The molecular formula is C20H16N2O2. The summed E-state index contributed by atoms with van der Waals surface area (Å²) in [5.41, 5.74) is 2.40. The van der Waals surface area contributed by atoms with Gasteiger partial charge in [0.25, 0.3) is 0 Å². The van der Waals surface area contributed by atoms with Gasteiger partial charge < -0.3 is 14.0 Å². The van der Waals surface area contributed by atoms with Crippen LogP contribution in [0, 0.1) is 23.2 Å². The quantitative estimate of drug-likeness (QED) is 0.694. The van der Waals surface area contributed by atoms with Gasteiger partial charge in [0.05, 0.1) is 26.3 Å². The maximum Gasteiger partial charge on any atom is 0.162 e. The standard InChI is InChI=1S/C20H16N2O2/c1-23-19-12-16-11-17(14-21)22(18(16)13-20(19)24-2)10-6-9-15-7-4-3-5-8-15/h3-5,7-8,11-13H,10H2,1-2H3. The first-order valence-electron chi connectivity index (χ1n) is 7.46. The zero-order chi connectivity index (χ0) is 16.9. The van der Waals surface area contributed by atoms with Gasteiger partial charge in [-0.25, -0.2) is 0 Å². The van der Waals surface area contributed by atoms with E-state index in [0.717, 1.165) is 16.5 Å². The lowest BCUT2D eigenvalue weighted by molar-refractivity contribution is 0.355. The van der Waals surface area contributed by atoms with Crippen LogP contribution in [0.2, 0.25) is 0 Å². The predicted molar refractivity (Wildman–Crippen MR) is 93.1 cm³/mol. The Kier molecular flexibility index (Phi) is 4.40. The van der Waals surface area contributed by atoms with Crippen molar-refractivity contribution in [1.29, 1.82) is 5.26 Å². The van der Waals surface area contributed by atoms with Gasteiger partial charge in [-0.3, -0.25) is 0 Å². The lowest BCUT2D eigenvalue weighted by Crippen LogP contribution is -1.99. The Morgan fingerprint density at radius 2 is 1.71 bits per heavy atom. The molecule has 0 saturated heterocycles. The topological polar surface area (TPSA) is 47.2 Å². The summed E-state index contributed by atoms with van der Waals surface area (Å²) in [5.74, 6) is 7.51. The van der Waals surface area contributed by atoms with Crippen LogP contribution in [-0.2, 0) is 6.54 Å². The Labute approximate surface area is 140 Å². The average Bonchev–Trinajstić information content (AvgIpc) is 2.98. The molecule has 1 aromatic heterocycles. The van der Waals surface area contributed by atoms with Crippen molar-refractivity contribution in [2.24, 2.45) is 0 Å². The molecule has 0 unspecified atom stereocenters. The molecule has 0 spiro atoms. The van der Waals surface area contributed by atoms with Crippen molar-refractivity contribution in [3.8, 4) is 29.4 Å². The van der Waals surface area contributed by atoms with E-state index in [9.17, 15) is 5.26 Å². The molecule has 0 aliphatic carbocycles. The largest absolute Gasteiger partial charge is 0.493 e. The molecule has 118 valence electrons. The number of nitriles is 1. The third kappa shape index (κ3) is 2.91. The predicted octanol–water partition coefficient (Wildman–Crippen LogP) is 3.58. The first kappa shape index (κ1) is 15.5. The lowest BCUT2D eigenvalue weighted by atomic mass is 10.2. The number of hydrogen-bond acceptors (Lipinski definition) is 3. The molecule has 0 saturated carbocycles. The Balaban J connectivity index is 2.03. The van der Waals surface area contributed by atoms with E-state index in [1.54, 1.807) is 14.2 Å². The van der Waals surface area contributed by atoms with E-state index in [4.69, 9.17) is 9.47 Å². The monoisotopic (exact) mass is 316 g/mol. The van der Waals surface area contributed by atoms with E-state index in [1.165, 1.54) is 0 Å². The molecule has 4 heteroatoms.